The third-order valence-corrected chi connectivity index (χ3v) is 3.47. The molecule has 1 saturated carbocycles. The third-order valence-electron chi connectivity index (χ3n) is 3.05. The summed E-state index contributed by atoms with van der Waals surface area (Å²) in [6.07, 6.45) is 4.92. The number of nitrogens with zero attached hydrogens (tertiary/aromatic N) is 2. The van der Waals surface area contributed by atoms with Crippen LogP contribution in [0.25, 0.3) is 0 Å². The molecule has 0 unspecified atom stereocenters. The van der Waals surface area contributed by atoms with Gasteiger partial charge in [0.1, 0.15) is 5.15 Å². The van der Waals surface area contributed by atoms with E-state index in [0.29, 0.717) is 0 Å². The summed E-state index contributed by atoms with van der Waals surface area (Å²) in [4.78, 5) is 0. The highest BCUT2D eigenvalue weighted by atomic mass is 35.5. The zero-order valence-electron chi connectivity index (χ0n) is 10.1. The minimum Gasteiger partial charge on any atom is -0.310 e. The van der Waals surface area contributed by atoms with E-state index in [1.165, 1.54) is 24.8 Å². The molecule has 1 aromatic heterocycles. The first-order chi connectivity index (χ1) is 7.72. The van der Waals surface area contributed by atoms with Crippen molar-refractivity contribution in [3.63, 3.8) is 0 Å². The molecule has 0 aliphatic heterocycles. The molecular weight excluding hydrogens is 222 g/mol. The van der Waals surface area contributed by atoms with Crippen molar-refractivity contribution < 1.29 is 0 Å². The third kappa shape index (κ3) is 2.77. The second kappa shape index (κ2) is 5.19. The van der Waals surface area contributed by atoms with Gasteiger partial charge in [-0.25, -0.2) is 0 Å². The van der Waals surface area contributed by atoms with Crippen LogP contribution in [0.1, 0.15) is 43.9 Å². The first kappa shape index (κ1) is 11.9. The van der Waals surface area contributed by atoms with Gasteiger partial charge in [0.05, 0.1) is 5.69 Å². The first-order valence-electron chi connectivity index (χ1n) is 6.17. The molecule has 16 heavy (non-hydrogen) atoms. The standard InChI is InChI=1S/C12H20ClN3/c1-3-4-7-16-12(13)11(9(2)15-16)8-14-10-5-6-10/h10,14H,3-8H2,1-2H3. The number of unbranched alkanes of at least 4 members (excludes halogenated alkanes) is 1. The molecule has 0 spiro atoms. The van der Waals surface area contributed by atoms with Gasteiger partial charge in [0.25, 0.3) is 0 Å². The van der Waals surface area contributed by atoms with Crippen LogP contribution in [-0.4, -0.2) is 15.8 Å². The molecule has 0 radical (unpaired) electrons. The lowest BCUT2D eigenvalue weighted by atomic mass is 10.2. The maximum Gasteiger partial charge on any atom is 0.131 e. The summed E-state index contributed by atoms with van der Waals surface area (Å²) >= 11 is 6.33. The van der Waals surface area contributed by atoms with Crippen molar-refractivity contribution in [2.24, 2.45) is 0 Å². The summed E-state index contributed by atoms with van der Waals surface area (Å²) in [5, 5.41) is 8.80. The molecule has 1 heterocycles. The average Bonchev–Trinajstić information content (AvgIpc) is 3.03. The van der Waals surface area contributed by atoms with Crippen molar-refractivity contribution in [2.45, 2.75) is 58.7 Å². The highest BCUT2D eigenvalue weighted by Crippen LogP contribution is 2.23. The zero-order chi connectivity index (χ0) is 11.5. The molecule has 1 aliphatic rings. The molecule has 0 bridgehead atoms. The molecule has 0 saturated heterocycles. The summed E-state index contributed by atoms with van der Waals surface area (Å²) in [5.41, 5.74) is 2.24. The van der Waals surface area contributed by atoms with Crippen molar-refractivity contribution in [2.75, 3.05) is 0 Å². The summed E-state index contributed by atoms with van der Waals surface area (Å²) in [6, 6.07) is 0.717. The van der Waals surface area contributed by atoms with Gasteiger partial charge >= 0.3 is 0 Å². The Hall–Kier alpha value is -0.540. The van der Waals surface area contributed by atoms with Crippen LogP contribution in [0.4, 0.5) is 0 Å². The van der Waals surface area contributed by atoms with Crippen LogP contribution >= 0.6 is 11.6 Å². The van der Waals surface area contributed by atoms with Crippen LogP contribution in [0.15, 0.2) is 0 Å². The van der Waals surface area contributed by atoms with Crippen LogP contribution in [0.3, 0.4) is 0 Å². The van der Waals surface area contributed by atoms with Crippen molar-refractivity contribution in [1.29, 1.82) is 0 Å². The molecule has 1 aromatic rings. The van der Waals surface area contributed by atoms with Crippen LogP contribution in [0.2, 0.25) is 5.15 Å². The Kier molecular flexibility index (Phi) is 3.87. The molecule has 1 N–H and O–H groups in total. The van der Waals surface area contributed by atoms with E-state index >= 15 is 0 Å². The van der Waals surface area contributed by atoms with Crippen molar-refractivity contribution in [3.05, 3.63) is 16.4 Å². The van der Waals surface area contributed by atoms with Gasteiger partial charge in [-0.3, -0.25) is 4.68 Å². The van der Waals surface area contributed by atoms with Gasteiger partial charge in [-0.1, -0.05) is 24.9 Å². The number of hydrogen-bond acceptors (Lipinski definition) is 2. The lowest BCUT2D eigenvalue weighted by molar-refractivity contribution is 0.568. The molecule has 3 nitrogen and oxygen atoms in total. The predicted molar refractivity (Wildman–Crippen MR) is 66.7 cm³/mol. The molecule has 90 valence electrons. The predicted octanol–water partition coefficient (Wildman–Crippen LogP) is 2.90. The fourth-order valence-corrected chi connectivity index (χ4v) is 2.11. The number of rotatable bonds is 6. The van der Waals surface area contributed by atoms with Crippen molar-refractivity contribution in [1.82, 2.24) is 15.1 Å². The zero-order valence-corrected chi connectivity index (χ0v) is 10.8. The lowest BCUT2D eigenvalue weighted by Crippen LogP contribution is -2.15. The Morgan fingerprint density at radius 2 is 2.25 bits per heavy atom. The largest absolute Gasteiger partial charge is 0.310 e. The van der Waals surface area contributed by atoms with Gasteiger partial charge in [0.2, 0.25) is 0 Å². The lowest BCUT2D eigenvalue weighted by Gasteiger charge is -2.03. The van der Waals surface area contributed by atoms with E-state index < -0.39 is 0 Å². The van der Waals surface area contributed by atoms with Crippen LogP contribution in [-0.2, 0) is 13.1 Å². The highest BCUT2D eigenvalue weighted by Gasteiger charge is 2.22. The number of aromatic nitrogens is 2. The number of nitrogens with one attached hydrogen (secondary N) is 1. The molecular formula is C12H20ClN3. The molecule has 0 amide bonds. The smallest absolute Gasteiger partial charge is 0.131 e. The normalized spacial score (nSPS) is 15.7. The minimum atomic E-state index is 0.717. The quantitative estimate of drug-likeness (QED) is 0.830. The summed E-state index contributed by atoms with van der Waals surface area (Å²) in [7, 11) is 0. The number of halogens is 1. The van der Waals surface area contributed by atoms with E-state index in [-0.39, 0.29) is 0 Å². The fraction of sp³-hybridized carbons (Fsp3) is 0.750. The Morgan fingerprint density at radius 3 is 2.88 bits per heavy atom. The maximum absolute atomic E-state index is 6.33. The van der Waals surface area contributed by atoms with E-state index in [2.05, 4.69) is 17.3 Å². The average molecular weight is 242 g/mol. The monoisotopic (exact) mass is 241 g/mol. The Morgan fingerprint density at radius 1 is 1.50 bits per heavy atom. The summed E-state index contributed by atoms with van der Waals surface area (Å²) in [6.45, 7) is 6.01. The van der Waals surface area contributed by atoms with Gasteiger partial charge < -0.3 is 5.32 Å². The van der Waals surface area contributed by atoms with E-state index in [0.717, 1.165) is 36.4 Å². The summed E-state index contributed by atoms with van der Waals surface area (Å²) in [5.74, 6) is 0. The van der Waals surface area contributed by atoms with E-state index in [1.54, 1.807) is 0 Å². The molecule has 1 aliphatic carbocycles. The van der Waals surface area contributed by atoms with Gasteiger partial charge in [-0.05, 0) is 26.2 Å². The molecule has 0 aromatic carbocycles. The molecule has 0 atom stereocenters. The van der Waals surface area contributed by atoms with Gasteiger partial charge in [-0.15, -0.1) is 0 Å². The van der Waals surface area contributed by atoms with Gasteiger partial charge in [0, 0.05) is 24.7 Å². The highest BCUT2D eigenvalue weighted by molar-refractivity contribution is 6.30. The number of hydrogen-bond donors (Lipinski definition) is 1. The molecule has 2 rings (SSSR count). The second-order valence-corrected chi connectivity index (χ2v) is 4.94. The minimum absolute atomic E-state index is 0.717. The molecule has 1 fully saturated rings. The Balaban J connectivity index is 2.01. The van der Waals surface area contributed by atoms with E-state index in [4.69, 9.17) is 11.6 Å². The van der Waals surface area contributed by atoms with Gasteiger partial charge in [-0.2, -0.15) is 5.10 Å². The number of aryl methyl sites for hydroxylation is 2. The first-order valence-corrected chi connectivity index (χ1v) is 6.55. The van der Waals surface area contributed by atoms with Gasteiger partial charge in [0.15, 0.2) is 0 Å². The second-order valence-electron chi connectivity index (χ2n) is 4.59. The van der Waals surface area contributed by atoms with Crippen LogP contribution in [0, 0.1) is 6.92 Å². The topological polar surface area (TPSA) is 29.9 Å². The van der Waals surface area contributed by atoms with E-state index in [1.807, 2.05) is 11.6 Å². The Bertz CT molecular complexity index is 355. The maximum atomic E-state index is 6.33. The fourth-order valence-electron chi connectivity index (χ4n) is 1.78. The van der Waals surface area contributed by atoms with Crippen LogP contribution < -0.4 is 5.32 Å². The molecule has 4 heteroatoms. The van der Waals surface area contributed by atoms with Crippen molar-refractivity contribution in [3.8, 4) is 0 Å². The van der Waals surface area contributed by atoms with Crippen molar-refractivity contribution >= 4 is 11.6 Å². The summed E-state index contributed by atoms with van der Waals surface area (Å²) < 4.78 is 1.93. The van der Waals surface area contributed by atoms with Crippen LogP contribution in [0.5, 0.6) is 0 Å². The van der Waals surface area contributed by atoms with E-state index in [9.17, 15) is 0 Å². The SMILES string of the molecule is CCCCn1nc(C)c(CNC2CC2)c1Cl. The Labute approximate surface area is 102 Å².